The summed E-state index contributed by atoms with van der Waals surface area (Å²) in [6.07, 6.45) is 7.06. The summed E-state index contributed by atoms with van der Waals surface area (Å²) >= 11 is 1.63. The first kappa shape index (κ1) is 16.4. The van der Waals surface area contributed by atoms with E-state index in [1.165, 1.54) is 0 Å². The predicted octanol–water partition coefficient (Wildman–Crippen LogP) is 2.71. The maximum absolute atomic E-state index is 5.22. The van der Waals surface area contributed by atoms with Crippen molar-refractivity contribution in [3.63, 3.8) is 0 Å². The van der Waals surface area contributed by atoms with E-state index in [4.69, 9.17) is 4.52 Å². The van der Waals surface area contributed by atoms with Gasteiger partial charge in [-0.05, 0) is 19.4 Å². The normalized spacial score (nSPS) is 18.7. The van der Waals surface area contributed by atoms with Crippen LogP contribution in [0.5, 0.6) is 0 Å². The summed E-state index contributed by atoms with van der Waals surface area (Å²) in [6, 6.07) is 0. The number of rotatable bonds is 6. The molecule has 1 saturated heterocycles. The second kappa shape index (κ2) is 7.45. The van der Waals surface area contributed by atoms with Gasteiger partial charge in [-0.15, -0.1) is 11.3 Å². The Morgan fingerprint density at radius 2 is 2.28 bits per heavy atom. The molecule has 0 N–H and O–H groups in total. The molecule has 8 heteroatoms. The third-order valence-corrected chi connectivity index (χ3v) is 5.25. The zero-order valence-corrected chi connectivity index (χ0v) is 15.2. The third kappa shape index (κ3) is 3.80. The van der Waals surface area contributed by atoms with Crippen molar-refractivity contribution in [2.75, 3.05) is 13.1 Å². The summed E-state index contributed by atoms with van der Waals surface area (Å²) in [5.74, 6) is 3.07. The van der Waals surface area contributed by atoms with Gasteiger partial charge in [-0.2, -0.15) is 4.98 Å². The van der Waals surface area contributed by atoms with Gasteiger partial charge in [0.15, 0.2) is 5.82 Å². The number of hydrogen-bond donors (Lipinski definition) is 0. The van der Waals surface area contributed by atoms with Crippen LogP contribution in [-0.4, -0.2) is 42.7 Å². The van der Waals surface area contributed by atoms with Crippen molar-refractivity contribution in [3.8, 4) is 0 Å². The molecular weight excluding hydrogens is 336 g/mol. The van der Waals surface area contributed by atoms with Gasteiger partial charge in [0.25, 0.3) is 0 Å². The zero-order chi connectivity index (χ0) is 17.1. The Bertz CT molecular complexity index is 796. The quantitative estimate of drug-likeness (QED) is 0.675. The average molecular weight is 358 g/mol. The smallest absolute Gasteiger partial charge is 0.226 e. The average Bonchev–Trinajstić information content (AvgIpc) is 3.37. The van der Waals surface area contributed by atoms with Crippen LogP contribution >= 0.6 is 11.3 Å². The van der Waals surface area contributed by atoms with E-state index >= 15 is 0 Å². The van der Waals surface area contributed by atoms with Crippen LogP contribution in [0.3, 0.4) is 0 Å². The molecule has 25 heavy (non-hydrogen) atoms. The van der Waals surface area contributed by atoms with Crippen LogP contribution in [-0.2, 0) is 19.5 Å². The fourth-order valence-corrected chi connectivity index (χ4v) is 3.96. The second-order valence-electron chi connectivity index (χ2n) is 6.43. The number of thiazole rings is 1. The van der Waals surface area contributed by atoms with Crippen molar-refractivity contribution < 1.29 is 4.52 Å². The standard InChI is InChI=1S/C17H22N6OS/c1-2-16-20-15(21-24-16)10-22-6-3-4-13(8-22)17-18-5-7-23(17)9-14-11-25-12-19-14/h5,7,11-13H,2-4,6,8-10H2,1H3/t13-/m1/s1. The summed E-state index contributed by atoms with van der Waals surface area (Å²) in [7, 11) is 0. The molecule has 7 nitrogen and oxygen atoms in total. The molecular formula is C17H22N6OS. The Hall–Kier alpha value is -2.06. The van der Waals surface area contributed by atoms with Crippen molar-refractivity contribution in [1.29, 1.82) is 0 Å². The first-order valence-corrected chi connectivity index (χ1v) is 9.68. The van der Waals surface area contributed by atoms with Crippen molar-refractivity contribution in [2.24, 2.45) is 0 Å². The highest BCUT2D eigenvalue weighted by Crippen LogP contribution is 2.27. The van der Waals surface area contributed by atoms with Crippen molar-refractivity contribution >= 4 is 11.3 Å². The molecule has 132 valence electrons. The lowest BCUT2D eigenvalue weighted by Gasteiger charge is -2.31. The molecule has 4 rings (SSSR count). The molecule has 3 aromatic rings. The zero-order valence-electron chi connectivity index (χ0n) is 14.3. The number of imidazole rings is 1. The number of aryl methyl sites for hydroxylation is 1. The van der Waals surface area contributed by atoms with Gasteiger partial charge in [0.1, 0.15) is 5.82 Å². The molecule has 0 saturated carbocycles. The van der Waals surface area contributed by atoms with Gasteiger partial charge in [-0.1, -0.05) is 12.1 Å². The van der Waals surface area contributed by atoms with Gasteiger partial charge in [-0.25, -0.2) is 9.97 Å². The number of piperidine rings is 1. The number of likely N-dealkylation sites (tertiary alicyclic amines) is 1. The Morgan fingerprint density at radius 3 is 3.08 bits per heavy atom. The number of hydrogen-bond acceptors (Lipinski definition) is 7. The molecule has 3 aromatic heterocycles. The highest BCUT2D eigenvalue weighted by atomic mass is 32.1. The van der Waals surface area contributed by atoms with Gasteiger partial charge in [0.05, 0.1) is 24.3 Å². The van der Waals surface area contributed by atoms with Crippen LogP contribution < -0.4 is 0 Å². The lowest BCUT2D eigenvalue weighted by Crippen LogP contribution is -2.35. The first-order chi connectivity index (χ1) is 12.3. The maximum atomic E-state index is 5.22. The number of aromatic nitrogens is 5. The summed E-state index contributed by atoms with van der Waals surface area (Å²) in [6.45, 7) is 5.60. The highest BCUT2D eigenvalue weighted by Gasteiger charge is 2.25. The second-order valence-corrected chi connectivity index (χ2v) is 7.14. The highest BCUT2D eigenvalue weighted by molar-refractivity contribution is 7.07. The molecule has 0 radical (unpaired) electrons. The molecule has 1 atom stereocenters. The minimum atomic E-state index is 0.430. The van der Waals surface area contributed by atoms with Crippen LogP contribution in [0, 0.1) is 0 Å². The molecule has 0 aromatic carbocycles. The Labute approximate surface area is 150 Å². The van der Waals surface area contributed by atoms with Crippen LogP contribution in [0.2, 0.25) is 0 Å². The van der Waals surface area contributed by atoms with Crippen molar-refractivity contribution in [2.45, 2.75) is 45.2 Å². The molecule has 0 aliphatic carbocycles. The maximum Gasteiger partial charge on any atom is 0.226 e. The van der Waals surface area contributed by atoms with E-state index in [1.54, 1.807) is 11.3 Å². The van der Waals surface area contributed by atoms with Crippen LogP contribution in [0.15, 0.2) is 27.8 Å². The minimum absolute atomic E-state index is 0.430. The summed E-state index contributed by atoms with van der Waals surface area (Å²) in [5, 5.41) is 6.18. The minimum Gasteiger partial charge on any atom is -0.339 e. The van der Waals surface area contributed by atoms with E-state index in [0.29, 0.717) is 11.8 Å². The SMILES string of the molecule is CCc1nc(CN2CCC[C@@H](c3nccn3Cc3cscn3)C2)no1. The summed E-state index contributed by atoms with van der Waals surface area (Å²) in [5.41, 5.74) is 2.97. The number of nitrogens with zero attached hydrogens (tertiary/aromatic N) is 6. The predicted molar refractivity (Wildman–Crippen MR) is 94.4 cm³/mol. The van der Waals surface area contributed by atoms with E-state index in [0.717, 1.165) is 62.8 Å². The molecule has 0 bridgehead atoms. The molecule has 4 heterocycles. The third-order valence-electron chi connectivity index (χ3n) is 4.61. The van der Waals surface area contributed by atoms with Crippen molar-refractivity contribution in [1.82, 2.24) is 29.6 Å². The fourth-order valence-electron chi connectivity index (χ4n) is 3.41. The Balaban J connectivity index is 1.43. The van der Waals surface area contributed by atoms with Gasteiger partial charge >= 0.3 is 0 Å². The van der Waals surface area contributed by atoms with E-state index in [9.17, 15) is 0 Å². The molecule has 1 aliphatic rings. The van der Waals surface area contributed by atoms with E-state index in [2.05, 4.69) is 41.2 Å². The Kier molecular flexibility index (Phi) is 4.89. The lowest BCUT2D eigenvalue weighted by atomic mass is 9.97. The lowest BCUT2D eigenvalue weighted by molar-refractivity contribution is 0.188. The van der Waals surface area contributed by atoms with E-state index < -0.39 is 0 Å². The van der Waals surface area contributed by atoms with Crippen molar-refractivity contribution in [3.05, 3.63) is 46.5 Å². The molecule has 0 spiro atoms. The van der Waals surface area contributed by atoms with Crippen LogP contribution in [0.4, 0.5) is 0 Å². The van der Waals surface area contributed by atoms with Crippen LogP contribution in [0.25, 0.3) is 0 Å². The monoisotopic (exact) mass is 358 g/mol. The largest absolute Gasteiger partial charge is 0.339 e. The Morgan fingerprint density at radius 1 is 1.32 bits per heavy atom. The van der Waals surface area contributed by atoms with Gasteiger partial charge in [0.2, 0.25) is 5.89 Å². The van der Waals surface area contributed by atoms with Gasteiger partial charge in [-0.3, -0.25) is 4.90 Å². The summed E-state index contributed by atoms with van der Waals surface area (Å²) in [4.78, 5) is 15.9. The van der Waals surface area contributed by atoms with Crippen LogP contribution in [0.1, 0.15) is 48.9 Å². The van der Waals surface area contributed by atoms with Gasteiger partial charge < -0.3 is 9.09 Å². The van der Waals surface area contributed by atoms with E-state index in [1.807, 2.05) is 18.6 Å². The van der Waals surface area contributed by atoms with Gasteiger partial charge in [0, 0.05) is 36.7 Å². The first-order valence-electron chi connectivity index (χ1n) is 8.73. The molecule has 0 amide bonds. The topological polar surface area (TPSA) is 72.9 Å². The summed E-state index contributed by atoms with van der Waals surface area (Å²) < 4.78 is 7.45. The van der Waals surface area contributed by atoms with E-state index in [-0.39, 0.29) is 0 Å². The molecule has 1 fully saturated rings. The molecule has 0 unspecified atom stereocenters. The fraction of sp³-hybridized carbons (Fsp3) is 0.529. The molecule has 1 aliphatic heterocycles.